The van der Waals surface area contributed by atoms with Crippen LogP contribution in [0.25, 0.3) is 0 Å². The highest BCUT2D eigenvalue weighted by molar-refractivity contribution is 5.94. The van der Waals surface area contributed by atoms with Gasteiger partial charge in [0.1, 0.15) is 0 Å². The average molecular weight is 411 g/mol. The second-order valence-corrected chi connectivity index (χ2v) is 7.87. The quantitative estimate of drug-likeness (QED) is 0.677. The molecule has 0 aromatic heterocycles. The molecule has 0 aliphatic carbocycles. The third kappa shape index (κ3) is 5.83. The first-order valence-electron chi connectivity index (χ1n) is 10.3. The number of methoxy groups -OCH3 is 1. The van der Waals surface area contributed by atoms with E-state index in [9.17, 15) is 9.59 Å². The molecule has 1 amide bonds. The number of nitrogens with one attached hydrogen (secondary N) is 1. The molecule has 0 radical (unpaired) electrons. The fourth-order valence-electron chi connectivity index (χ4n) is 3.83. The van der Waals surface area contributed by atoms with Crippen LogP contribution in [-0.4, -0.2) is 49.4 Å². The first kappa shape index (κ1) is 21.8. The minimum atomic E-state index is -0.152. The van der Waals surface area contributed by atoms with Crippen LogP contribution in [0.2, 0.25) is 0 Å². The van der Waals surface area contributed by atoms with Gasteiger partial charge in [0.05, 0.1) is 7.11 Å². The molecule has 6 nitrogen and oxygen atoms in total. The first-order valence-corrected chi connectivity index (χ1v) is 10.3. The van der Waals surface area contributed by atoms with Gasteiger partial charge in [0.25, 0.3) is 5.91 Å². The third-order valence-corrected chi connectivity index (χ3v) is 5.51. The Bertz CT molecular complexity index is 869. The topological polar surface area (TPSA) is 67.9 Å². The monoisotopic (exact) mass is 410 g/mol. The van der Waals surface area contributed by atoms with Crippen LogP contribution in [0, 0.1) is 5.92 Å². The molecule has 0 unspecified atom stereocenters. The van der Waals surface area contributed by atoms with Crippen LogP contribution in [0.3, 0.4) is 0 Å². The summed E-state index contributed by atoms with van der Waals surface area (Å²) in [7, 11) is 1.51. The second-order valence-electron chi connectivity index (χ2n) is 7.87. The zero-order valence-corrected chi connectivity index (χ0v) is 17.9. The van der Waals surface area contributed by atoms with E-state index in [1.165, 1.54) is 19.6 Å². The summed E-state index contributed by atoms with van der Waals surface area (Å²) >= 11 is 0. The Hall–Kier alpha value is -2.86. The lowest BCUT2D eigenvalue weighted by Gasteiger charge is -2.37. The van der Waals surface area contributed by atoms with Crippen LogP contribution in [0.5, 0.6) is 11.5 Å². The number of benzene rings is 2. The van der Waals surface area contributed by atoms with Crippen molar-refractivity contribution >= 4 is 11.7 Å². The Kier molecular flexibility index (Phi) is 7.46. The second kappa shape index (κ2) is 10.3. The van der Waals surface area contributed by atoms with Crippen LogP contribution < -0.4 is 14.8 Å². The Balaban J connectivity index is 1.48. The maximum absolute atomic E-state index is 12.4. The van der Waals surface area contributed by atoms with E-state index in [0.29, 0.717) is 23.0 Å². The molecule has 0 saturated carbocycles. The summed E-state index contributed by atoms with van der Waals surface area (Å²) in [4.78, 5) is 26.4. The number of ketones is 1. The number of hydrogen-bond acceptors (Lipinski definition) is 5. The predicted octanol–water partition coefficient (Wildman–Crippen LogP) is 3.30. The molecule has 160 valence electrons. The number of hydrogen-bond donors (Lipinski definition) is 1. The van der Waals surface area contributed by atoms with E-state index in [4.69, 9.17) is 9.47 Å². The standard InChI is InChI=1S/C24H30N2O4/c1-17-14-26(15-19-7-5-4-6-8-19)12-11-21(17)25-24(28)16-30-22-10-9-20(18(2)27)13-23(22)29-3/h4-10,13,17,21H,11-12,14-16H2,1-3H3,(H,25,28)/t17-,21-/m0/s1. The Labute approximate surface area is 178 Å². The fraction of sp³-hybridized carbons (Fsp3) is 0.417. The van der Waals surface area contributed by atoms with Gasteiger partial charge < -0.3 is 14.8 Å². The maximum atomic E-state index is 12.4. The van der Waals surface area contributed by atoms with Crippen molar-refractivity contribution in [1.82, 2.24) is 10.2 Å². The van der Waals surface area contributed by atoms with E-state index in [1.807, 2.05) is 6.07 Å². The number of nitrogens with zero attached hydrogens (tertiary/aromatic N) is 1. The number of carbonyl (C=O) groups excluding carboxylic acids is 2. The van der Waals surface area contributed by atoms with Gasteiger partial charge in [-0.1, -0.05) is 37.3 Å². The van der Waals surface area contributed by atoms with Gasteiger partial charge in [-0.05, 0) is 43.0 Å². The van der Waals surface area contributed by atoms with Crippen molar-refractivity contribution in [3.63, 3.8) is 0 Å². The Morgan fingerprint density at radius 2 is 1.90 bits per heavy atom. The van der Waals surface area contributed by atoms with E-state index in [1.54, 1.807) is 18.2 Å². The van der Waals surface area contributed by atoms with Gasteiger partial charge in [-0.25, -0.2) is 0 Å². The number of rotatable bonds is 8. The SMILES string of the molecule is COc1cc(C(C)=O)ccc1OCC(=O)N[C@H]1CCN(Cc2ccccc2)C[C@@H]1C. The fourth-order valence-corrected chi connectivity index (χ4v) is 3.83. The number of piperidine rings is 1. The van der Waals surface area contributed by atoms with Crippen LogP contribution in [-0.2, 0) is 11.3 Å². The normalized spacial score (nSPS) is 19.2. The minimum Gasteiger partial charge on any atom is -0.493 e. The number of amides is 1. The van der Waals surface area contributed by atoms with Crippen LogP contribution >= 0.6 is 0 Å². The zero-order chi connectivity index (χ0) is 21.5. The lowest BCUT2D eigenvalue weighted by molar-refractivity contribution is -0.124. The number of Topliss-reactive ketones (excluding diaryl/α,β-unsaturated/α-hetero) is 1. The van der Waals surface area contributed by atoms with Crippen LogP contribution in [0.1, 0.15) is 36.2 Å². The minimum absolute atomic E-state index is 0.0508. The van der Waals surface area contributed by atoms with Crippen molar-refractivity contribution in [3.05, 3.63) is 59.7 Å². The summed E-state index contributed by atoms with van der Waals surface area (Å²) in [6.07, 6.45) is 0.913. The smallest absolute Gasteiger partial charge is 0.258 e. The van der Waals surface area contributed by atoms with Gasteiger partial charge in [-0.3, -0.25) is 14.5 Å². The maximum Gasteiger partial charge on any atom is 0.258 e. The summed E-state index contributed by atoms with van der Waals surface area (Å²) in [6, 6.07) is 15.5. The van der Waals surface area contributed by atoms with Crippen molar-refractivity contribution < 1.29 is 19.1 Å². The van der Waals surface area contributed by atoms with Gasteiger partial charge in [-0.15, -0.1) is 0 Å². The third-order valence-electron chi connectivity index (χ3n) is 5.51. The molecule has 2 aromatic rings. The molecule has 0 spiro atoms. The molecule has 1 heterocycles. The molecular weight excluding hydrogens is 380 g/mol. The molecular formula is C24H30N2O4. The van der Waals surface area contributed by atoms with Gasteiger partial charge in [-0.2, -0.15) is 0 Å². The van der Waals surface area contributed by atoms with E-state index >= 15 is 0 Å². The molecule has 3 rings (SSSR count). The van der Waals surface area contributed by atoms with Crippen molar-refractivity contribution in [1.29, 1.82) is 0 Å². The molecule has 6 heteroatoms. The molecule has 30 heavy (non-hydrogen) atoms. The summed E-state index contributed by atoms with van der Waals surface area (Å²) in [6.45, 7) is 6.41. The van der Waals surface area contributed by atoms with Crippen molar-refractivity contribution in [2.24, 2.45) is 5.92 Å². The Morgan fingerprint density at radius 3 is 2.57 bits per heavy atom. The molecule has 1 aliphatic heterocycles. The van der Waals surface area contributed by atoms with Crippen LogP contribution in [0.4, 0.5) is 0 Å². The highest BCUT2D eigenvalue weighted by Gasteiger charge is 2.27. The van der Waals surface area contributed by atoms with Gasteiger partial charge >= 0.3 is 0 Å². The first-order chi connectivity index (χ1) is 14.5. The van der Waals surface area contributed by atoms with Crippen molar-refractivity contribution in [3.8, 4) is 11.5 Å². The highest BCUT2D eigenvalue weighted by Crippen LogP contribution is 2.28. The molecule has 1 fully saturated rings. The highest BCUT2D eigenvalue weighted by atomic mass is 16.5. The lowest BCUT2D eigenvalue weighted by Crippen LogP contribution is -2.50. The molecule has 2 atom stereocenters. The largest absolute Gasteiger partial charge is 0.493 e. The summed E-state index contributed by atoms with van der Waals surface area (Å²) in [5, 5.41) is 3.10. The molecule has 0 bridgehead atoms. The number of ether oxygens (including phenoxy) is 2. The summed E-state index contributed by atoms with van der Waals surface area (Å²) in [5.74, 6) is 1.04. The molecule has 1 saturated heterocycles. The molecule has 1 aliphatic rings. The predicted molar refractivity (Wildman–Crippen MR) is 116 cm³/mol. The van der Waals surface area contributed by atoms with E-state index in [-0.39, 0.29) is 24.3 Å². The van der Waals surface area contributed by atoms with Crippen LogP contribution in [0.15, 0.2) is 48.5 Å². The van der Waals surface area contributed by atoms with Gasteiger partial charge in [0.15, 0.2) is 23.9 Å². The Morgan fingerprint density at radius 1 is 1.13 bits per heavy atom. The zero-order valence-electron chi connectivity index (χ0n) is 17.9. The lowest BCUT2D eigenvalue weighted by atomic mass is 9.93. The van der Waals surface area contributed by atoms with E-state index in [2.05, 4.69) is 41.4 Å². The van der Waals surface area contributed by atoms with Gasteiger partial charge in [0, 0.05) is 31.2 Å². The average Bonchev–Trinajstić information content (AvgIpc) is 2.74. The summed E-state index contributed by atoms with van der Waals surface area (Å²) in [5.41, 5.74) is 1.85. The van der Waals surface area contributed by atoms with Crippen molar-refractivity contribution in [2.75, 3.05) is 26.8 Å². The van der Waals surface area contributed by atoms with E-state index in [0.717, 1.165) is 26.1 Å². The van der Waals surface area contributed by atoms with E-state index < -0.39 is 0 Å². The van der Waals surface area contributed by atoms with Gasteiger partial charge in [0.2, 0.25) is 0 Å². The number of likely N-dealkylation sites (tertiary alicyclic amines) is 1. The number of carbonyl (C=O) groups is 2. The molecule has 2 aromatic carbocycles. The van der Waals surface area contributed by atoms with Crippen molar-refractivity contribution in [2.45, 2.75) is 32.9 Å². The molecule has 1 N–H and O–H groups in total. The summed E-state index contributed by atoms with van der Waals surface area (Å²) < 4.78 is 10.9.